The highest BCUT2D eigenvalue weighted by atomic mass is 16.6. The summed E-state index contributed by atoms with van der Waals surface area (Å²) in [5, 5.41) is 20.5. The Morgan fingerprint density at radius 3 is 2.62 bits per heavy atom. The van der Waals surface area contributed by atoms with Crippen LogP contribution in [0.2, 0.25) is 0 Å². The largest absolute Gasteiger partial charge is 0.386 e. The second-order valence-electron chi connectivity index (χ2n) is 4.59. The highest BCUT2D eigenvalue weighted by Gasteiger charge is 2.06. The molecule has 0 spiro atoms. The smallest absolute Gasteiger partial charge is 0.269 e. The summed E-state index contributed by atoms with van der Waals surface area (Å²) in [6, 6.07) is 9.71. The molecule has 0 aliphatic heterocycles. The molecule has 2 rings (SSSR count). The number of non-ortho nitro benzene ring substituents is 1. The molecule has 21 heavy (non-hydrogen) atoms. The van der Waals surface area contributed by atoms with E-state index in [1.54, 1.807) is 24.5 Å². The number of benzene rings is 1. The van der Waals surface area contributed by atoms with Crippen LogP contribution >= 0.6 is 0 Å². The molecule has 0 fully saturated rings. The predicted molar refractivity (Wildman–Crippen MR) is 79.5 cm³/mol. The lowest BCUT2D eigenvalue weighted by Crippen LogP contribution is -2.02. The lowest BCUT2D eigenvalue weighted by molar-refractivity contribution is -0.384. The minimum atomic E-state index is -0.715. The summed E-state index contributed by atoms with van der Waals surface area (Å²) >= 11 is 0. The van der Waals surface area contributed by atoms with Gasteiger partial charge in [-0.2, -0.15) is 0 Å². The molecule has 108 valence electrons. The van der Waals surface area contributed by atoms with E-state index in [0.717, 1.165) is 11.3 Å². The van der Waals surface area contributed by atoms with Crippen molar-refractivity contribution in [2.75, 3.05) is 6.54 Å². The fourth-order valence-corrected chi connectivity index (χ4v) is 1.72. The van der Waals surface area contributed by atoms with Gasteiger partial charge >= 0.3 is 0 Å². The maximum absolute atomic E-state index is 10.5. The molecule has 0 amide bonds. The van der Waals surface area contributed by atoms with Crippen molar-refractivity contribution < 1.29 is 10.0 Å². The summed E-state index contributed by atoms with van der Waals surface area (Å²) in [6.45, 7) is 2.09. The Bertz CT molecular complexity index is 636. The van der Waals surface area contributed by atoms with Crippen LogP contribution in [0, 0.1) is 17.0 Å². The maximum atomic E-state index is 10.5. The number of nitrogens with zero attached hydrogens (tertiary/aromatic N) is 3. The van der Waals surface area contributed by atoms with Crippen molar-refractivity contribution in [2.24, 2.45) is 4.99 Å². The predicted octanol–water partition coefficient (Wildman–Crippen LogP) is 2.45. The van der Waals surface area contributed by atoms with Crippen LogP contribution in [0.5, 0.6) is 0 Å². The number of aliphatic imine (C=N–C) groups is 1. The molecule has 0 bridgehead atoms. The molecule has 0 aliphatic carbocycles. The van der Waals surface area contributed by atoms with Gasteiger partial charge in [0.2, 0.25) is 0 Å². The van der Waals surface area contributed by atoms with E-state index in [2.05, 4.69) is 9.98 Å². The highest BCUT2D eigenvalue weighted by Crippen LogP contribution is 2.13. The number of rotatable bonds is 5. The van der Waals surface area contributed by atoms with Crippen molar-refractivity contribution >= 4 is 11.9 Å². The lowest BCUT2D eigenvalue weighted by atomic mass is 10.1. The number of aryl methyl sites for hydroxylation is 1. The van der Waals surface area contributed by atoms with Crippen molar-refractivity contribution in [3.05, 3.63) is 69.5 Å². The second kappa shape index (κ2) is 6.71. The Balaban J connectivity index is 1.95. The van der Waals surface area contributed by atoms with Crippen LogP contribution in [0.1, 0.15) is 22.9 Å². The summed E-state index contributed by atoms with van der Waals surface area (Å²) in [5.41, 5.74) is 2.38. The molecule has 1 unspecified atom stereocenters. The molecule has 0 saturated carbocycles. The maximum Gasteiger partial charge on any atom is 0.269 e. The van der Waals surface area contributed by atoms with Gasteiger partial charge in [-0.25, -0.2) is 0 Å². The number of nitro groups is 1. The summed E-state index contributed by atoms with van der Waals surface area (Å²) < 4.78 is 0. The molecule has 0 saturated heterocycles. The number of hydrogen-bond donors (Lipinski definition) is 1. The van der Waals surface area contributed by atoms with Crippen LogP contribution in [0.3, 0.4) is 0 Å². The Kier molecular flexibility index (Phi) is 4.73. The molecule has 0 aliphatic rings. The standard InChI is InChI=1S/C15H15N3O3/c1-11-2-5-13(9-17-11)15(19)10-16-8-12-3-6-14(7-4-12)18(20)21/h2-9,15,19H,10H2,1H3. The zero-order valence-electron chi connectivity index (χ0n) is 11.5. The number of aromatic nitrogens is 1. The van der Waals surface area contributed by atoms with Crippen LogP contribution in [-0.2, 0) is 0 Å². The van der Waals surface area contributed by atoms with Crippen molar-refractivity contribution in [1.29, 1.82) is 0 Å². The minimum absolute atomic E-state index is 0.0397. The first-order valence-corrected chi connectivity index (χ1v) is 6.41. The third-order valence-corrected chi connectivity index (χ3v) is 2.94. The first kappa shape index (κ1) is 14.8. The van der Waals surface area contributed by atoms with Gasteiger partial charge in [0, 0.05) is 35.8 Å². The number of pyridine rings is 1. The van der Waals surface area contributed by atoms with Gasteiger partial charge in [-0.1, -0.05) is 6.07 Å². The normalized spacial score (nSPS) is 12.5. The molecular weight excluding hydrogens is 270 g/mol. The van der Waals surface area contributed by atoms with E-state index in [1.165, 1.54) is 12.1 Å². The van der Waals surface area contributed by atoms with Gasteiger partial charge in [0.1, 0.15) is 0 Å². The quantitative estimate of drug-likeness (QED) is 0.519. The zero-order valence-corrected chi connectivity index (χ0v) is 11.5. The third-order valence-electron chi connectivity index (χ3n) is 2.94. The van der Waals surface area contributed by atoms with Gasteiger partial charge in [-0.3, -0.25) is 20.1 Å². The van der Waals surface area contributed by atoms with E-state index >= 15 is 0 Å². The van der Waals surface area contributed by atoms with Crippen LogP contribution in [0.4, 0.5) is 5.69 Å². The van der Waals surface area contributed by atoms with Crippen LogP contribution in [0.15, 0.2) is 47.6 Å². The molecule has 6 heteroatoms. The Hall–Kier alpha value is -2.60. The first-order valence-electron chi connectivity index (χ1n) is 6.41. The zero-order chi connectivity index (χ0) is 15.2. The number of aliphatic hydroxyl groups excluding tert-OH is 1. The molecule has 0 radical (unpaired) electrons. The van der Waals surface area contributed by atoms with E-state index in [9.17, 15) is 15.2 Å². The summed E-state index contributed by atoms with van der Waals surface area (Å²) in [5.74, 6) is 0. The van der Waals surface area contributed by atoms with Crippen molar-refractivity contribution in [3.8, 4) is 0 Å². The summed E-state index contributed by atoms with van der Waals surface area (Å²) in [7, 11) is 0. The van der Waals surface area contributed by atoms with Gasteiger partial charge in [0.05, 0.1) is 17.6 Å². The molecular formula is C15H15N3O3. The monoisotopic (exact) mass is 285 g/mol. The third kappa shape index (κ3) is 4.19. The van der Waals surface area contributed by atoms with E-state index in [4.69, 9.17) is 0 Å². The number of nitro benzene ring substituents is 1. The molecule has 6 nitrogen and oxygen atoms in total. The first-order chi connectivity index (χ1) is 10.1. The van der Waals surface area contributed by atoms with Gasteiger partial charge in [-0.05, 0) is 30.7 Å². The fourth-order valence-electron chi connectivity index (χ4n) is 1.72. The lowest BCUT2D eigenvalue weighted by Gasteiger charge is -2.07. The van der Waals surface area contributed by atoms with Crippen LogP contribution < -0.4 is 0 Å². The van der Waals surface area contributed by atoms with Crippen molar-refractivity contribution in [2.45, 2.75) is 13.0 Å². The van der Waals surface area contributed by atoms with Crippen molar-refractivity contribution in [3.63, 3.8) is 0 Å². The van der Waals surface area contributed by atoms with Gasteiger partial charge in [0.25, 0.3) is 5.69 Å². The molecule has 1 N–H and O–H groups in total. The van der Waals surface area contributed by atoms with E-state index in [0.29, 0.717) is 5.56 Å². The van der Waals surface area contributed by atoms with E-state index in [-0.39, 0.29) is 12.2 Å². The minimum Gasteiger partial charge on any atom is -0.386 e. The Morgan fingerprint density at radius 2 is 2.05 bits per heavy atom. The molecule has 1 aromatic carbocycles. The summed E-state index contributed by atoms with van der Waals surface area (Å²) in [4.78, 5) is 18.3. The average molecular weight is 285 g/mol. The second-order valence-corrected chi connectivity index (χ2v) is 4.59. The molecule has 1 atom stereocenters. The molecule has 1 aromatic heterocycles. The number of aliphatic hydroxyl groups is 1. The number of hydrogen-bond acceptors (Lipinski definition) is 5. The molecule has 1 heterocycles. The van der Waals surface area contributed by atoms with E-state index < -0.39 is 11.0 Å². The van der Waals surface area contributed by atoms with Gasteiger partial charge < -0.3 is 5.11 Å². The van der Waals surface area contributed by atoms with E-state index in [1.807, 2.05) is 19.1 Å². The Labute approximate surface area is 122 Å². The SMILES string of the molecule is Cc1ccc(C(O)CN=Cc2ccc([N+](=O)[O-])cc2)cn1. The molecule has 2 aromatic rings. The van der Waals surface area contributed by atoms with Gasteiger partial charge in [0.15, 0.2) is 0 Å². The van der Waals surface area contributed by atoms with Crippen molar-refractivity contribution in [1.82, 2.24) is 4.98 Å². The van der Waals surface area contributed by atoms with Crippen LogP contribution in [0.25, 0.3) is 0 Å². The van der Waals surface area contributed by atoms with Gasteiger partial charge in [-0.15, -0.1) is 0 Å². The highest BCUT2D eigenvalue weighted by molar-refractivity contribution is 5.79. The topological polar surface area (TPSA) is 88.6 Å². The summed E-state index contributed by atoms with van der Waals surface area (Å²) in [6.07, 6.45) is 2.49. The van der Waals surface area contributed by atoms with Crippen LogP contribution in [-0.4, -0.2) is 27.8 Å². The average Bonchev–Trinajstić information content (AvgIpc) is 2.48. The fraction of sp³-hybridized carbons (Fsp3) is 0.200. The Morgan fingerprint density at radius 1 is 1.33 bits per heavy atom.